The molecule has 2 atom stereocenters. The first kappa shape index (κ1) is 14.8. The molecule has 2 aromatic carbocycles. The molecular formula is C18H16O6. The monoisotopic (exact) mass is 328 g/mol. The molecule has 0 saturated carbocycles. The van der Waals surface area contributed by atoms with Crippen LogP contribution in [0.15, 0.2) is 36.4 Å². The van der Waals surface area contributed by atoms with Crippen molar-refractivity contribution >= 4 is 5.78 Å². The lowest BCUT2D eigenvalue weighted by molar-refractivity contribution is 0.0953. The van der Waals surface area contributed by atoms with Gasteiger partial charge in [-0.25, -0.2) is 0 Å². The predicted octanol–water partition coefficient (Wildman–Crippen LogP) is 2.76. The van der Waals surface area contributed by atoms with Gasteiger partial charge in [-0.2, -0.15) is 0 Å². The number of fused-ring (bicyclic) bond motifs is 1. The second kappa shape index (κ2) is 5.72. The number of ether oxygens (including phenoxy) is 5. The van der Waals surface area contributed by atoms with Crippen LogP contribution >= 0.6 is 0 Å². The third kappa shape index (κ3) is 2.27. The van der Waals surface area contributed by atoms with Crippen molar-refractivity contribution in [2.45, 2.75) is 12.2 Å². The molecule has 2 heterocycles. The van der Waals surface area contributed by atoms with Crippen LogP contribution in [0.25, 0.3) is 0 Å². The number of carbonyl (C=O) groups is 1. The fourth-order valence-electron chi connectivity index (χ4n) is 2.92. The Hall–Kier alpha value is -2.73. The van der Waals surface area contributed by atoms with Crippen LogP contribution in [-0.2, 0) is 4.74 Å². The third-order valence-electron chi connectivity index (χ3n) is 4.13. The van der Waals surface area contributed by atoms with Crippen LogP contribution in [0.3, 0.4) is 0 Å². The highest BCUT2D eigenvalue weighted by Crippen LogP contribution is 2.55. The first-order chi connectivity index (χ1) is 11.7. The number of hydrogen-bond donors (Lipinski definition) is 0. The van der Waals surface area contributed by atoms with Gasteiger partial charge in [0.25, 0.3) is 0 Å². The topological polar surface area (TPSA) is 66.5 Å². The molecule has 1 fully saturated rings. The summed E-state index contributed by atoms with van der Waals surface area (Å²) in [6.45, 7) is 0.101. The Balaban J connectivity index is 1.67. The summed E-state index contributed by atoms with van der Waals surface area (Å²) in [7, 11) is 3.09. The molecule has 0 unspecified atom stereocenters. The van der Waals surface area contributed by atoms with Crippen LogP contribution in [0, 0.1) is 0 Å². The Morgan fingerprint density at radius 1 is 1.08 bits per heavy atom. The predicted molar refractivity (Wildman–Crippen MR) is 84.1 cm³/mol. The van der Waals surface area contributed by atoms with E-state index in [2.05, 4.69) is 0 Å². The van der Waals surface area contributed by atoms with Crippen molar-refractivity contribution in [3.05, 3.63) is 47.5 Å². The quantitative estimate of drug-likeness (QED) is 0.621. The van der Waals surface area contributed by atoms with Crippen molar-refractivity contribution in [3.8, 4) is 23.0 Å². The number of epoxide rings is 1. The maximum Gasteiger partial charge on any atom is 0.231 e. The van der Waals surface area contributed by atoms with Gasteiger partial charge in [-0.05, 0) is 6.07 Å². The van der Waals surface area contributed by atoms with Gasteiger partial charge in [-0.1, -0.05) is 30.3 Å². The standard InChI is InChI=1S/C18H16O6/c1-20-12-8-11(14(21-2)18-16(12)22-9-23-18)15-17(24-15)13(19)10-6-4-3-5-7-10/h3-8,15,17H,9H2,1-2H3/t15-,17-/m0/s1. The lowest BCUT2D eigenvalue weighted by Gasteiger charge is -2.12. The normalized spacial score (nSPS) is 20.6. The van der Waals surface area contributed by atoms with E-state index in [1.165, 1.54) is 0 Å². The summed E-state index contributed by atoms with van der Waals surface area (Å²) in [5, 5.41) is 0. The minimum atomic E-state index is -0.536. The molecule has 0 bridgehead atoms. The second-order valence-corrected chi connectivity index (χ2v) is 5.47. The molecule has 2 aliphatic rings. The van der Waals surface area contributed by atoms with E-state index in [4.69, 9.17) is 23.7 Å². The number of ketones is 1. The van der Waals surface area contributed by atoms with Crippen molar-refractivity contribution in [1.82, 2.24) is 0 Å². The van der Waals surface area contributed by atoms with Crippen LogP contribution in [0.2, 0.25) is 0 Å². The molecule has 0 aliphatic carbocycles. The summed E-state index contributed by atoms with van der Waals surface area (Å²) in [5.41, 5.74) is 1.34. The first-order valence-electron chi connectivity index (χ1n) is 7.53. The molecule has 1 saturated heterocycles. The maximum atomic E-state index is 12.5. The molecule has 0 radical (unpaired) electrons. The zero-order valence-electron chi connectivity index (χ0n) is 13.3. The van der Waals surface area contributed by atoms with E-state index < -0.39 is 12.2 Å². The fourth-order valence-corrected chi connectivity index (χ4v) is 2.92. The van der Waals surface area contributed by atoms with E-state index in [0.29, 0.717) is 34.1 Å². The highest BCUT2D eigenvalue weighted by Gasteiger charge is 2.49. The fraction of sp³-hybridized carbons (Fsp3) is 0.278. The largest absolute Gasteiger partial charge is 0.493 e. The summed E-state index contributed by atoms with van der Waals surface area (Å²) in [6.07, 6.45) is -0.928. The first-order valence-corrected chi connectivity index (χ1v) is 7.53. The molecule has 4 rings (SSSR count). The SMILES string of the molecule is COc1cc([C@@H]2O[C@H]2C(=O)c2ccccc2)c(OC)c2c1OCO2. The summed E-state index contributed by atoms with van der Waals surface area (Å²) in [4.78, 5) is 12.5. The average Bonchev–Trinajstić information content (AvgIpc) is 3.28. The van der Waals surface area contributed by atoms with Gasteiger partial charge in [0.2, 0.25) is 18.3 Å². The molecular weight excluding hydrogens is 312 g/mol. The summed E-state index contributed by atoms with van der Waals surface area (Å²) < 4.78 is 27.4. The number of carbonyl (C=O) groups excluding carboxylic acids is 1. The molecule has 2 aliphatic heterocycles. The summed E-state index contributed by atoms with van der Waals surface area (Å²) >= 11 is 0. The van der Waals surface area contributed by atoms with E-state index in [1.54, 1.807) is 32.4 Å². The lowest BCUT2D eigenvalue weighted by atomic mass is 10.0. The van der Waals surface area contributed by atoms with Crippen LogP contribution in [-0.4, -0.2) is 32.9 Å². The third-order valence-corrected chi connectivity index (χ3v) is 4.13. The van der Waals surface area contributed by atoms with Crippen LogP contribution in [0.4, 0.5) is 0 Å². The number of benzene rings is 2. The Kier molecular flexibility index (Phi) is 3.54. The van der Waals surface area contributed by atoms with E-state index in [9.17, 15) is 4.79 Å². The van der Waals surface area contributed by atoms with E-state index in [-0.39, 0.29) is 12.6 Å². The zero-order valence-corrected chi connectivity index (χ0v) is 13.3. The molecule has 0 spiro atoms. The molecule has 0 aromatic heterocycles. The Labute approximate surface area is 138 Å². The van der Waals surface area contributed by atoms with Crippen molar-refractivity contribution in [1.29, 1.82) is 0 Å². The number of rotatable bonds is 5. The average molecular weight is 328 g/mol. The highest BCUT2D eigenvalue weighted by atomic mass is 16.7. The number of methoxy groups -OCH3 is 2. The molecule has 0 amide bonds. The Morgan fingerprint density at radius 3 is 2.54 bits per heavy atom. The van der Waals surface area contributed by atoms with Crippen LogP contribution in [0.5, 0.6) is 23.0 Å². The Morgan fingerprint density at radius 2 is 1.83 bits per heavy atom. The van der Waals surface area contributed by atoms with Crippen molar-refractivity contribution < 1.29 is 28.5 Å². The maximum absolute atomic E-state index is 12.5. The van der Waals surface area contributed by atoms with E-state index >= 15 is 0 Å². The van der Waals surface area contributed by atoms with Gasteiger partial charge >= 0.3 is 0 Å². The van der Waals surface area contributed by atoms with Gasteiger partial charge in [-0.15, -0.1) is 0 Å². The van der Waals surface area contributed by atoms with Gasteiger partial charge in [0.1, 0.15) is 6.10 Å². The smallest absolute Gasteiger partial charge is 0.231 e. The minimum Gasteiger partial charge on any atom is -0.493 e. The molecule has 6 nitrogen and oxygen atoms in total. The van der Waals surface area contributed by atoms with Crippen LogP contribution in [0.1, 0.15) is 22.0 Å². The number of Topliss-reactive ketones (excluding diaryl/α,β-unsaturated/α-hetero) is 1. The molecule has 0 N–H and O–H groups in total. The zero-order chi connectivity index (χ0) is 16.7. The molecule has 2 aromatic rings. The van der Waals surface area contributed by atoms with E-state index in [0.717, 1.165) is 0 Å². The summed E-state index contributed by atoms with van der Waals surface area (Å²) in [5.74, 6) is 1.97. The summed E-state index contributed by atoms with van der Waals surface area (Å²) in [6, 6.07) is 10.9. The Bertz CT molecular complexity index is 786. The minimum absolute atomic E-state index is 0.0562. The molecule has 24 heavy (non-hydrogen) atoms. The van der Waals surface area contributed by atoms with Crippen molar-refractivity contribution in [3.63, 3.8) is 0 Å². The lowest BCUT2D eigenvalue weighted by Crippen LogP contribution is -2.08. The van der Waals surface area contributed by atoms with Crippen molar-refractivity contribution in [2.24, 2.45) is 0 Å². The van der Waals surface area contributed by atoms with Crippen molar-refractivity contribution in [2.75, 3.05) is 21.0 Å². The van der Waals surface area contributed by atoms with Crippen LogP contribution < -0.4 is 18.9 Å². The van der Waals surface area contributed by atoms with Gasteiger partial charge in [0, 0.05) is 11.1 Å². The van der Waals surface area contributed by atoms with Gasteiger partial charge in [-0.3, -0.25) is 4.79 Å². The highest BCUT2D eigenvalue weighted by molar-refractivity contribution is 6.01. The van der Waals surface area contributed by atoms with Gasteiger partial charge in [0.05, 0.1) is 14.2 Å². The molecule has 6 heteroatoms. The van der Waals surface area contributed by atoms with Gasteiger partial charge < -0.3 is 23.7 Å². The van der Waals surface area contributed by atoms with E-state index in [1.807, 2.05) is 18.2 Å². The van der Waals surface area contributed by atoms with Gasteiger partial charge in [0.15, 0.2) is 23.4 Å². The number of hydrogen-bond acceptors (Lipinski definition) is 6. The molecule has 124 valence electrons. The second-order valence-electron chi connectivity index (χ2n) is 5.47.